The first-order valence-corrected chi connectivity index (χ1v) is 6.38. The van der Waals surface area contributed by atoms with E-state index in [0.29, 0.717) is 5.56 Å². The number of amides is 1. The highest BCUT2D eigenvalue weighted by Gasteiger charge is 2.12. The van der Waals surface area contributed by atoms with Gasteiger partial charge in [0, 0.05) is 6.54 Å². The predicted octanol–water partition coefficient (Wildman–Crippen LogP) is 2.33. The summed E-state index contributed by atoms with van der Waals surface area (Å²) in [6, 6.07) is 11.2. The summed E-state index contributed by atoms with van der Waals surface area (Å²) in [7, 11) is 0. The summed E-state index contributed by atoms with van der Waals surface area (Å²) in [6.07, 6.45) is 0. The largest absolute Gasteiger partial charge is 0.507 e. The summed E-state index contributed by atoms with van der Waals surface area (Å²) in [6.45, 7) is 1.98. The fourth-order valence-electron chi connectivity index (χ4n) is 1.88. The molecule has 0 aromatic heterocycles. The number of carboxylic acid groups (broad SMARTS) is 1. The zero-order valence-corrected chi connectivity index (χ0v) is 11.5. The van der Waals surface area contributed by atoms with Crippen LogP contribution in [0.3, 0.4) is 0 Å². The highest BCUT2D eigenvalue weighted by atomic mass is 16.4. The molecule has 0 bridgehead atoms. The third kappa shape index (κ3) is 3.39. The molecular weight excluding hydrogens is 270 g/mol. The van der Waals surface area contributed by atoms with Crippen molar-refractivity contribution in [1.82, 2.24) is 5.32 Å². The molecule has 0 saturated heterocycles. The van der Waals surface area contributed by atoms with E-state index < -0.39 is 5.97 Å². The Labute approximate surface area is 121 Å². The summed E-state index contributed by atoms with van der Waals surface area (Å²) in [5, 5.41) is 21.3. The number of rotatable bonds is 4. The normalized spacial score (nSPS) is 10.1. The standard InChI is InChI=1S/C16H15NO4/c1-10-3-2-4-13(14(10)18)15(19)17-9-11-5-7-12(8-6-11)16(20)21/h2-8,18H,9H2,1H3,(H,17,19)(H,20,21). The van der Waals surface area contributed by atoms with Crippen LogP contribution >= 0.6 is 0 Å². The van der Waals surface area contributed by atoms with Crippen LogP contribution in [0.5, 0.6) is 5.75 Å². The molecule has 0 saturated carbocycles. The van der Waals surface area contributed by atoms with Crippen molar-refractivity contribution in [2.45, 2.75) is 13.5 Å². The Bertz CT molecular complexity index is 677. The Morgan fingerprint density at radius 3 is 2.38 bits per heavy atom. The lowest BCUT2D eigenvalue weighted by Crippen LogP contribution is -2.23. The maximum Gasteiger partial charge on any atom is 0.335 e. The molecule has 2 aromatic rings. The maximum absolute atomic E-state index is 12.0. The second-order valence-corrected chi connectivity index (χ2v) is 4.66. The molecule has 1 amide bonds. The molecule has 2 rings (SSSR count). The number of benzene rings is 2. The topological polar surface area (TPSA) is 86.6 Å². The molecule has 0 aliphatic rings. The van der Waals surface area contributed by atoms with Gasteiger partial charge in [0.1, 0.15) is 5.75 Å². The smallest absolute Gasteiger partial charge is 0.335 e. The van der Waals surface area contributed by atoms with Crippen LogP contribution < -0.4 is 5.32 Å². The van der Waals surface area contributed by atoms with E-state index in [4.69, 9.17) is 5.11 Å². The molecule has 5 nitrogen and oxygen atoms in total. The van der Waals surface area contributed by atoms with Crippen LogP contribution in [0, 0.1) is 6.92 Å². The fourth-order valence-corrected chi connectivity index (χ4v) is 1.88. The summed E-state index contributed by atoms with van der Waals surface area (Å²) >= 11 is 0. The SMILES string of the molecule is Cc1cccc(C(=O)NCc2ccc(C(=O)O)cc2)c1O. The van der Waals surface area contributed by atoms with E-state index in [1.807, 2.05) is 0 Å². The highest BCUT2D eigenvalue weighted by Crippen LogP contribution is 2.21. The van der Waals surface area contributed by atoms with Gasteiger partial charge in [-0.15, -0.1) is 0 Å². The van der Waals surface area contributed by atoms with Crippen LogP contribution in [-0.4, -0.2) is 22.1 Å². The molecule has 0 atom stereocenters. The first-order chi connectivity index (χ1) is 9.99. The molecule has 0 radical (unpaired) electrons. The molecule has 2 aromatic carbocycles. The number of carbonyl (C=O) groups is 2. The third-order valence-corrected chi connectivity index (χ3v) is 3.14. The summed E-state index contributed by atoms with van der Waals surface area (Å²) in [5.41, 5.74) is 1.83. The van der Waals surface area contributed by atoms with Crippen LogP contribution in [0.15, 0.2) is 42.5 Å². The number of para-hydroxylation sites is 1. The van der Waals surface area contributed by atoms with Crippen molar-refractivity contribution in [3.63, 3.8) is 0 Å². The minimum Gasteiger partial charge on any atom is -0.507 e. The number of carbonyl (C=O) groups excluding carboxylic acids is 1. The van der Waals surface area contributed by atoms with Gasteiger partial charge >= 0.3 is 5.97 Å². The molecule has 3 N–H and O–H groups in total. The number of aromatic carboxylic acids is 1. The Balaban J connectivity index is 2.04. The predicted molar refractivity (Wildman–Crippen MR) is 77.4 cm³/mol. The van der Waals surface area contributed by atoms with Gasteiger partial charge < -0.3 is 15.5 Å². The average Bonchev–Trinajstić information content (AvgIpc) is 2.48. The quantitative estimate of drug-likeness (QED) is 0.804. The van der Waals surface area contributed by atoms with Crippen molar-refractivity contribution in [1.29, 1.82) is 0 Å². The van der Waals surface area contributed by atoms with Gasteiger partial charge in [-0.05, 0) is 36.2 Å². The lowest BCUT2D eigenvalue weighted by atomic mass is 10.1. The lowest BCUT2D eigenvalue weighted by molar-refractivity contribution is 0.0696. The van der Waals surface area contributed by atoms with Crippen molar-refractivity contribution < 1.29 is 19.8 Å². The molecule has 5 heteroatoms. The highest BCUT2D eigenvalue weighted by molar-refractivity contribution is 5.97. The average molecular weight is 285 g/mol. The second-order valence-electron chi connectivity index (χ2n) is 4.66. The van der Waals surface area contributed by atoms with E-state index in [-0.39, 0.29) is 29.3 Å². The monoisotopic (exact) mass is 285 g/mol. The van der Waals surface area contributed by atoms with Gasteiger partial charge in [-0.3, -0.25) is 4.79 Å². The van der Waals surface area contributed by atoms with E-state index in [1.54, 1.807) is 37.3 Å². The van der Waals surface area contributed by atoms with Crippen molar-refractivity contribution in [2.24, 2.45) is 0 Å². The molecule has 0 aliphatic heterocycles. The number of nitrogens with one attached hydrogen (secondary N) is 1. The Hall–Kier alpha value is -2.82. The van der Waals surface area contributed by atoms with Gasteiger partial charge in [0.25, 0.3) is 5.91 Å². The number of phenolic OH excluding ortho intramolecular Hbond substituents is 1. The van der Waals surface area contributed by atoms with Gasteiger partial charge in [-0.1, -0.05) is 24.3 Å². The molecule has 0 spiro atoms. The minimum absolute atomic E-state index is 0.0313. The van der Waals surface area contributed by atoms with Crippen LogP contribution in [-0.2, 0) is 6.54 Å². The number of hydrogen-bond donors (Lipinski definition) is 3. The first-order valence-electron chi connectivity index (χ1n) is 6.38. The Kier molecular flexibility index (Phi) is 4.23. The molecule has 0 aliphatic carbocycles. The van der Waals surface area contributed by atoms with Crippen molar-refractivity contribution in [3.8, 4) is 5.75 Å². The van der Waals surface area contributed by atoms with Crippen LogP contribution in [0.25, 0.3) is 0 Å². The van der Waals surface area contributed by atoms with Gasteiger partial charge in [0.15, 0.2) is 0 Å². The first kappa shape index (κ1) is 14.6. The fraction of sp³-hybridized carbons (Fsp3) is 0.125. The van der Waals surface area contributed by atoms with Crippen molar-refractivity contribution in [2.75, 3.05) is 0 Å². The Morgan fingerprint density at radius 1 is 1.10 bits per heavy atom. The zero-order valence-electron chi connectivity index (χ0n) is 11.5. The van der Waals surface area contributed by atoms with E-state index in [2.05, 4.69) is 5.32 Å². The van der Waals surface area contributed by atoms with E-state index in [0.717, 1.165) is 5.56 Å². The van der Waals surface area contributed by atoms with Gasteiger partial charge in [0.05, 0.1) is 11.1 Å². The van der Waals surface area contributed by atoms with Crippen LogP contribution in [0.1, 0.15) is 31.8 Å². The second kappa shape index (κ2) is 6.09. The van der Waals surface area contributed by atoms with Crippen molar-refractivity contribution >= 4 is 11.9 Å². The number of aromatic hydroxyl groups is 1. The van der Waals surface area contributed by atoms with Gasteiger partial charge in [-0.25, -0.2) is 4.79 Å². The number of hydrogen-bond acceptors (Lipinski definition) is 3. The number of carboxylic acids is 1. The number of phenols is 1. The van der Waals surface area contributed by atoms with Crippen molar-refractivity contribution in [3.05, 3.63) is 64.7 Å². The zero-order chi connectivity index (χ0) is 15.4. The van der Waals surface area contributed by atoms with Gasteiger partial charge in [-0.2, -0.15) is 0 Å². The molecule has 0 heterocycles. The molecule has 0 fully saturated rings. The minimum atomic E-state index is -0.990. The van der Waals surface area contributed by atoms with E-state index >= 15 is 0 Å². The van der Waals surface area contributed by atoms with Gasteiger partial charge in [0.2, 0.25) is 0 Å². The summed E-state index contributed by atoms with van der Waals surface area (Å²) in [4.78, 5) is 22.7. The molecule has 21 heavy (non-hydrogen) atoms. The Morgan fingerprint density at radius 2 is 1.76 bits per heavy atom. The number of aryl methyl sites for hydroxylation is 1. The molecular formula is C16H15NO4. The lowest BCUT2D eigenvalue weighted by Gasteiger charge is -2.08. The third-order valence-electron chi connectivity index (χ3n) is 3.14. The van der Waals surface area contributed by atoms with Crippen LogP contribution in [0.2, 0.25) is 0 Å². The summed E-state index contributed by atoms with van der Waals surface area (Å²) < 4.78 is 0. The van der Waals surface area contributed by atoms with E-state index in [1.165, 1.54) is 12.1 Å². The maximum atomic E-state index is 12.0. The molecule has 0 unspecified atom stereocenters. The molecule has 108 valence electrons. The van der Waals surface area contributed by atoms with Crippen LogP contribution in [0.4, 0.5) is 0 Å². The summed E-state index contributed by atoms with van der Waals surface area (Å²) in [5.74, 6) is -1.40. The van der Waals surface area contributed by atoms with E-state index in [9.17, 15) is 14.7 Å².